The number of phenols is 1. The zero-order valence-corrected chi connectivity index (χ0v) is 13.4. The molecule has 5 heteroatoms. The lowest BCUT2D eigenvalue weighted by Gasteiger charge is -2.05. The SMILES string of the molecule is COc1ccc(N=Cc2cc(Br)cc(C)c2O)cc1Cl. The molecule has 0 saturated carbocycles. The number of nitrogens with zero attached hydrogens (tertiary/aromatic N) is 1. The first kappa shape index (κ1) is 14.9. The molecule has 0 saturated heterocycles. The Bertz CT molecular complexity index is 671. The van der Waals surface area contributed by atoms with E-state index in [4.69, 9.17) is 16.3 Å². The molecular formula is C15H13BrClNO2. The van der Waals surface area contributed by atoms with E-state index in [1.165, 1.54) is 0 Å². The summed E-state index contributed by atoms with van der Waals surface area (Å²) in [7, 11) is 1.56. The molecule has 0 spiro atoms. The smallest absolute Gasteiger partial charge is 0.137 e. The number of methoxy groups -OCH3 is 1. The minimum absolute atomic E-state index is 0.219. The van der Waals surface area contributed by atoms with Crippen LogP contribution >= 0.6 is 27.5 Å². The fourth-order valence-electron chi connectivity index (χ4n) is 1.74. The number of aromatic hydroxyl groups is 1. The first-order valence-electron chi connectivity index (χ1n) is 5.88. The number of aliphatic imine (C=N–C) groups is 1. The van der Waals surface area contributed by atoms with Crippen LogP contribution < -0.4 is 4.74 Å². The average molecular weight is 355 g/mol. The predicted octanol–water partition coefficient (Wildman–Crippen LogP) is 4.88. The third-order valence-electron chi connectivity index (χ3n) is 2.78. The standard InChI is InChI=1S/C15H13BrClNO2/c1-9-5-11(16)6-10(15(9)19)8-18-12-3-4-14(20-2)13(17)7-12/h3-8,19H,1-2H3. The van der Waals surface area contributed by atoms with Gasteiger partial charge in [-0.2, -0.15) is 0 Å². The predicted molar refractivity (Wildman–Crippen MR) is 85.8 cm³/mol. The molecule has 3 nitrogen and oxygen atoms in total. The second kappa shape index (κ2) is 6.29. The van der Waals surface area contributed by atoms with Crippen LogP contribution in [0.1, 0.15) is 11.1 Å². The quantitative estimate of drug-likeness (QED) is 0.799. The second-order valence-electron chi connectivity index (χ2n) is 4.24. The van der Waals surface area contributed by atoms with Gasteiger partial charge >= 0.3 is 0 Å². The topological polar surface area (TPSA) is 41.8 Å². The van der Waals surface area contributed by atoms with Crippen molar-refractivity contribution < 1.29 is 9.84 Å². The molecule has 0 aromatic heterocycles. The molecule has 20 heavy (non-hydrogen) atoms. The Kier molecular flexibility index (Phi) is 4.68. The van der Waals surface area contributed by atoms with Crippen molar-refractivity contribution in [1.82, 2.24) is 0 Å². The van der Waals surface area contributed by atoms with Gasteiger partial charge in [0.1, 0.15) is 11.5 Å². The van der Waals surface area contributed by atoms with Crippen molar-refractivity contribution in [3.63, 3.8) is 0 Å². The molecule has 2 rings (SSSR count). The van der Waals surface area contributed by atoms with Gasteiger partial charge in [0.25, 0.3) is 0 Å². The molecular weight excluding hydrogens is 342 g/mol. The fourth-order valence-corrected chi connectivity index (χ4v) is 2.58. The average Bonchev–Trinajstić information content (AvgIpc) is 2.41. The van der Waals surface area contributed by atoms with Gasteiger partial charge in [0.2, 0.25) is 0 Å². The first-order valence-corrected chi connectivity index (χ1v) is 7.05. The summed E-state index contributed by atoms with van der Waals surface area (Å²) in [6, 6.07) is 8.90. The van der Waals surface area contributed by atoms with Crippen molar-refractivity contribution in [3.05, 3.63) is 51.0 Å². The summed E-state index contributed by atoms with van der Waals surface area (Å²) in [6.07, 6.45) is 1.60. The van der Waals surface area contributed by atoms with E-state index in [0.717, 1.165) is 10.0 Å². The molecule has 0 heterocycles. The fraction of sp³-hybridized carbons (Fsp3) is 0.133. The summed E-state index contributed by atoms with van der Waals surface area (Å²) < 4.78 is 5.97. The van der Waals surface area contributed by atoms with Gasteiger partial charge < -0.3 is 9.84 Å². The molecule has 0 unspecified atom stereocenters. The summed E-state index contributed by atoms with van der Waals surface area (Å²) in [5.41, 5.74) is 2.12. The van der Waals surface area contributed by atoms with Crippen LogP contribution in [-0.2, 0) is 0 Å². The Morgan fingerprint density at radius 1 is 1.30 bits per heavy atom. The monoisotopic (exact) mass is 353 g/mol. The summed E-state index contributed by atoms with van der Waals surface area (Å²) >= 11 is 9.43. The van der Waals surface area contributed by atoms with E-state index in [2.05, 4.69) is 20.9 Å². The maximum absolute atomic E-state index is 9.98. The Balaban J connectivity index is 2.32. The molecule has 1 N–H and O–H groups in total. The van der Waals surface area contributed by atoms with Crippen LogP contribution in [0.5, 0.6) is 11.5 Å². The minimum Gasteiger partial charge on any atom is -0.507 e. The van der Waals surface area contributed by atoms with Gasteiger partial charge in [-0.15, -0.1) is 0 Å². The maximum Gasteiger partial charge on any atom is 0.137 e. The van der Waals surface area contributed by atoms with E-state index in [1.807, 2.05) is 13.0 Å². The van der Waals surface area contributed by atoms with E-state index >= 15 is 0 Å². The first-order chi connectivity index (χ1) is 9.51. The Hall–Kier alpha value is -1.52. The van der Waals surface area contributed by atoms with E-state index in [9.17, 15) is 5.11 Å². The van der Waals surface area contributed by atoms with Crippen LogP contribution in [0.3, 0.4) is 0 Å². The van der Waals surface area contributed by atoms with E-state index in [0.29, 0.717) is 22.0 Å². The van der Waals surface area contributed by atoms with Crippen LogP contribution in [0.15, 0.2) is 39.8 Å². The molecule has 104 valence electrons. The Morgan fingerprint density at radius 2 is 2.05 bits per heavy atom. The van der Waals surface area contributed by atoms with Crippen LogP contribution in [0.2, 0.25) is 5.02 Å². The normalized spacial score (nSPS) is 11.0. The zero-order valence-electron chi connectivity index (χ0n) is 11.0. The van der Waals surface area contributed by atoms with Gasteiger partial charge in [-0.1, -0.05) is 27.5 Å². The van der Waals surface area contributed by atoms with Crippen molar-refractivity contribution >= 4 is 39.4 Å². The molecule has 0 aliphatic heterocycles. The van der Waals surface area contributed by atoms with Crippen LogP contribution in [0.25, 0.3) is 0 Å². The summed E-state index contributed by atoms with van der Waals surface area (Å²) in [4.78, 5) is 4.31. The van der Waals surface area contributed by atoms with Gasteiger partial charge in [0, 0.05) is 16.3 Å². The van der Waals surface area contributed by atoms with Crippen molar-refractivity contribution in [2.75, 3.05) is 7.11 Å². The number of phenolic OH excluding ortho intramolecular Hbond substituents is 1. The lowest BCUT2D eigenvalue weighted by atomic mass is 10.1. The second-order valence-corrected chi connectivity index (χ2v) is 5.56. The summed E-state index contributed by atoms with van der Waals surface area (Å²) in [5.74, 6) is 0.823. The molecule has 0 aliphatic rings. The van der Waals surface area contributed by atoms with Gasteiger partial charge in [-0.05, 0) is 42.8 Å². The summed E-state index contributed by atoms with van der Waals surface area (Å²) in [5, 5.41) is 10.5. The highest BCUT2D eigenvalue weighted by Crippen LogP contribution is 2.29. The molecule has 0 radical (unpaired) electrons. The molecule has 0 atom stereocenters. The molecule has 0 aliphatic carbocycles. The van der Waals surface area contributed by atoms with Gasteiger partial charge in [0.05, 0.1) is 17.8 Å². The van der Waals surface area contributed by atoms with Crippen molar-refractivity contribution in [2.24, 2.45) is 4.99 Å². The van der Waals surface area contributed by atoms with E-state index in [1.54, 1.807) is 37.6 Å². The number of hydrogen-bond acceptors (Lipinski definition) is 3. The maximum atomic E-state index is 9.98. The lowest BCUT2D eigenvalue weighted by molar-refractivity contribution is 0.415. The molecule has 2 aromatic rings. The third-order valence-corrected chi connectivity index (χ3v) is 3.54. The van der Waals surface area contributed by atoms with Crippen molar-refractivity contribution in [1.29, 1.82) is 0 Å². The van der Waals surface area contributed by atoms with E-state index in [-0.39, 0.29) is 5.75 Å². The largest absolute Gasteiger partial charge is 0.507 e. The van der Waals surface area contributed by atoms with Crippen molar-refractivity contribution in [2.45, 2.75) is 6.92 Å². The number of halogens is 2. The third kappa shape index (κ3) is 3.32. The van der Waals surface area contributed by atoms with Gasteiger partial charge in [-0.25, -0.2) is 0 Å². The minimum atomic E-state index is 0.219. The highest BCUT2D eigenvalue weighted by atomic mass is 79.9. The number of hydrogen-bond donors (Lipinski definition) is 1. The molecule has 0 amide bonds. The van der Waals surface area contributed by atoms with Crippen LogP contribution in [0.4, 0.5) is 5.69 Å². The zero-order chi connectivity index (χ0) is 14.7. The Labute approximate surface area is 131 Å². The highest BCUT2D eigenvalue weighted by Gasteiger charge is 2.05. The molecule has 0 fully saturated rings. The number of rotatable bonds is 3. The Morgan fingerprint density at radius 3 is 2.70 bits per heavy atom. The highest BCUT2D eigenvalue weighted by molar-refractivity contribution is 9.10. The van der Waals surface area contributed by atoms with Gasteiger partial charge in [-0.3, -0.25) is 4.99 Å². The number of benzene rings is 2. The van der Waals surface area contributed by atoms with Crippen molar-refractivity contribution in [3.8, 4) is 11.5 Å². The van der Waals surface area contributed by atoms with Crippen LogP contribution in [0, 0.1) is 6.92 Å². The van der Waals surface area contributed by atoms with Gasteiger partial charge in [0.15, 0.2) is 0 Å². The molecule has 0 bridgehead atoms. The molecule has 2 aromatic carbocycles. The number of ether oxygens (including phenoxy) is 1. The number of aryl methyl sites for hydroxylation is 1. The summed E-state index contributed by atoms with van der Waals surface area (Å²) in [6.45, 7) is 1.84. The van der Waals surface area contributed by atoms with E-state index < -0.39 is 0 Å². The van der Waals surface area contributed by atoms with Crippen LogP contribution in [-0.4, -0.2) is 18.4 Å². The lowest BCUT2D eigenvalue weighted by Crippen LogP contribution is -1.86.